The van der Waals surface area contributed by atoms with Gasteiger partial charge >= 0.3 is 6.18 Å². The lowest BCUT2D eigenvalue weighted by molar-refractivity contribution is -0.137. The Bertz CT molecular complexity index is 861. The van der Waals surface area contributed by atoms with E-state index in [4.69, 9.17) is 0 Å². The van der Waals surface area contributed by atoms with Crippen molar-refractivity contribution in [3.8, 4) is 0 Å². The number of piperazine rings is 1. The molecule has 154 valence electrons. The van der Waals surface area contributed by atoms with Gasteiger partial charge in [0.15, 0.2) is 0 Å². The first kappa shape index (κ1) is 19.7. The molecule has 4 rings (SSSR count). The molecule has 0 aliphatic carbocycles. The lowest BCUT2D eigenvalue weighted by Gasteiger charge is -2.37. The van der Waals surface area contributed by atoms with Gasteiger partial charge in [0.05, 0.1) is 12.1 Å². The number of rotatable bonds is 3. The van der Waals surface area contributed by atoms with E-state index in [1.807, 2.05) is 28.0 Å². The maximum Gasteiger partial charge on any atom is 0.417 e. The number of amides is 1. The molecule has 8 heteroatoms. The Kier molecular flexibility index (Phi) is 5.45. The third kappa shape index (κ3) is 4.37. The molecule has 0 radical (unpaired) electrons. The monoisotopic (exact) mass is 404 g/mol. The Morgan fingerprint density at radius 3 is 2.45 bits per heavy atom. The number of alkyl halides is 3. The zero-order valence-corrected chi connectivity index (χ0v) is 16.0. The fourth-order valence-electron chi connectivity index (χ4n) is 3.95. The average Bonchev–Trinajstić information content (AvgIpc) is 2.73. The molecule has 0 unspecified atom stereocenters. The SMILES string of the molecule is O=C(CN1CCN(c2ccc(C(F)(F)F)cn2)CC1)N1CCCc2ccccc21. The van der Waals surface area contributed by atoms with Crippen molar-refractivity contribution in [1.82, 2.24) is 9.88 Å². The number of carbonyl (C=O) groups is 1. The van der Waals surface area contributed by atoms with Gasteiger partial charge in [0.1, 0.15) is 5.82 Å². The molecule has 0 atom stereocenters. The number of para-hydroxylation sites is 1. The van der Waals surface area contributed by atoms with E-state index < -0.39 is 11.7 Å². The molecule has 0 N–H and O–H groups in total. The summed E-state index contributed by atoms with van der Waals surface area (Å²) in [6.45, 7) is 3.69. The molecular weight excluding hydrogens is 381 g/mol. The van der Waals surface area contributed by atoms with E-state index in [1.165, 1.54) is 11.6 Å². The van der Waals surface area contributed by atoms with Crippen LogP contribution in [0.15, 0.2) is 42.6 Å². The predicted octanol–water partition coefficient (Wildman–Crippen LogP) is 3.20. The van der Waals surface area contributed by atoms with Gasteiger partial charge in [0, 0.05) is 44.6 Å². The molecule has 0 saturated carbocycles. The minimum absolute atomic E-state index is 0.0956. The van der Waals surface area contributed by atoms with Crippen LogP contribution < -0.4 is 9.80 Å². The van der Waals surface area contributed by atoms with Crippen LogP contribution >= 0.6 is 0 Å². The molecule has 1 saturated heterocycles. The summed E-state index contributed by atoms with van der Waals surface area (Å²) in [5.74, 6) is 0.632. The topological polar surface area (TPSA) is 39.7 Å². The summed E-state index contributed by atoms with van der Waals surface area (Å²) in [5, 5.41) is 0. The van der Waals surface area contributed by atoms with Gasteiger partial charge in [0.25, 0.3) is 0 Å². The number of hydrogen-bond donors (Lipinski definition) is 0. The summed E-state index contributed by atoms with van der Waals surface area (Å²) < 4.78 is 38.1. The van der Waals surface area contributed by atoms with E-state index in [1.54, 1.807) is 0 Å². The Labute approximate surface area is 167 Å². The molecule has 2 aliphatic heterocycles. The second-order valence-electron chi connectivity index (χ2n) is 7.44. The molecule has 3 heterocycles. The largest absolute Gasteiger partial charge is 0.417 e. The predicted molar refractivity (Wildman–Crippen MR) is 105 cm³/mol. The van der Waals surface area contributed by atoms with Crippen LogP contribution in [0.25, 0.3) is 0 Å². The van der Waals surface area contributed by atoms with Crippen molar-refractivity contribution in [3.05, 3.63) is 53.7 Å². The first-order valence-corrected chi connectivity index (χ1v) is 9.80. The highest BCUT2D eigenvalue weighted by Crippen LogP contribution is 2.30. The molecule has 0 spiro atoms. The first-order chi connectivity index (χ1) is 13.9. The zero-order chi connectivity index (χ0) is 20.4. The summed E-state index contributed by atoms with van der Waals surface area (Å²) in [6.07, 6.45) is -1.54. The average molecular weight is 404 g/mol. The highest BCUT2D eigenvalue weighted by Gasteiger charge is 2.31. The fourth-order valence-corrected chi connectivity index (χ4v) is 3.95. The summed E-state index contributed by atoms with van der Waals surface area (Å²) in [7, 11) is 0. The molecule has 29 heavy (non-hydrogen) atoms. The minimum Gasteiger partial charge on any atom is -0.354 e. The zero-order valence-electron chi connectivity index (χ0n) is 16.0. The molecule has 5 nitrogen and oxygen atoms in total. The first-order valence-electron chi connectivity index (χ1n) is 9.80. The van der Waals surface area contributed by atoms with Crippen LogP contribution in [-0.4, -0.2) is 55.1 Å². The van der Waals surface area contributed by atoms with Gasteiger partial charge in [-0.05, 0) is 36.6 Å². The molecule has 1 fully saturated rings. The van der Waals surface area contributed by atoms with Crippen LogP contribution in [0.1, 0.15) is 17.5 Å². The Hall–Kier alpha value is -2.61. The van der Waals surface area contributed by atoms with Crippen molar-refractivity contribution in [3.63, 3.8) is 0 Å². The molecule has 2 aromatic rings. The molecule has 1 aromatic carbocycles. The fraction of sp³-hybridized carbons (Fsp3) is 0.429. The van der Waals surface area contributed by atoms with E-state index in [-0.39, 0.29) is 5.91 Å². The Balaban J connectivity index is 1.33. The van der Waals surface area contributed by atoms with Crippen molar-refractivity contribution >= 4 is 17.4 Å². The van der Waals surface area contributed by atoms with E-state index in [2.05, 4.69) is 16.0 Å². The van der Waals surface area contributed by atoms with E-state index >= 15 is 0 Å². The highest BCUT2D eigenvalue weighted by atomic mass is 19.4. The van der Waals surface area contributed by atoms with Crippen LogP contribution in [0, 0.1) is 0 Å². The van der Waals surface area contributed by atoms with Crippen molar-refractivity contribution in [2.24, 2.45) is 0 Å². The third-order valence-electron chi connectivity index (χ3n) is 5.54. The van der Waals surface area contributed by atoms with E-state index in [9.17, 15) is 18.0 Å². The molecule has 1 amide bonds. The number of fused-ring (bicyclic) bond motifs is 1. The van der Waals surface area contributed by atoms with Crippen molar-refractivity contribution in [2.45, 2.75) is 19.0 Å². The van der Waals surface area contributed by atoms with Gasteiger partial charge in [-0.2, -0.15) is 13.2 Å². The van der Waals surface area contributed by atoms with Gasteiger partial charge < -0.3 is 9.80 Å². The van der Waals surface area contributed by atoms with Crippen molar-refractivity contribution < 1.29 is 18.0 Å². The van der Waals surface area contributed by atoms with Crippen LogP contribution in [0.2, 0.25) is 0 Å². The lowest BCUT2D eigenvalue weighted by atomic mass is 10.0. The number of aryl methyl sites for hydroxylation is 1. The van der Waals surface area contributed by atoms with E-state index in [0.29, 0.717) is 38.5 Å². The van der Waals surface area contributed by atoms with Crippen LogP contribution in [0.3, 0.4) is 0 Å². The number of benzene rings is 1. The van der Waals surface area contributed by atoms with Gasteiger partial charge in [-0.15, -0.1) is 0 Å². The van der Waals surface area contributed by atoms with E-state index in [0.717, 1.165) is 37.3 Å². The second-order valence-corrected chi connectivity index (χ2v) is 7.44. The number of nitrogens with zero attached hydrogens (tertiary/aromatic N) is 4. The summed E-state index contributed by atoms with van der Waals surface area (Å²) in [4.78, 5) is 22.8. The quantitative estimate of drug-likeness (QED) is 0.788. The minimum atomic E-state index is -4.38. The molecule has 1 aromatic heterocycles. The molecule has 2 aliphatic rings. The Morgan fingerprint density at radius 2 is 1.76 bits per heavy atom. The van der Waals surface area contributed by atoms with Crippen LogP contribution in [-0.2, 0) is 17.4 Å². The Morgan fingerprint density at radius 1 is 1.00 bits per heavy atom. The number of hydrogen-bond acceptors (Lipinski definition) is 4. The third-order valence-corrected chi connectivity index (χ3v) is 5.54. The summed E-state index contributed by atoms with van der Waals surface area (Å²) in [5.41, 5.74) is 1.48. The number of halogens is 3. The maximum atomic E-state index is 12.9. The van der Waals surface area contributed by atoms with Crippen LogP contribution in [0.4, 0.5) is 24.7 Å². The second kappa shape index (κ2) is 8.02. The van der Waals surface area contributed by atoms with Crippen LogP contribution in [0.5, 0.6) is 0 Å². The number of pyridine rings is 1. The van der Waals surface area contributed by atoms with Crippen molar-refractivity contribution in [2.75, 3.05) is 49.1 Å². The van der Waals surface area contributed by atoms with Gasteiger partial charge in [-0.25, -0.2) is 4.98 Å². The van der Waals surface area contributed by atoms with Gasteiger partial charge in [-0.3, -0.25) is 9.69 Å². The molecular formula is C21H23F3N4O. The number of carbonyl (C=O) groups excluding carboxylic acids is 1. The van der Waals surface area contributed by atoms with Gasteiger partial charge in [0.2, 0.25) is 5.91 Å². The normalized spacial score (nSPS) is 17.9. The molecule has 0 bridgehead atoms. The smallest absolute Gasteiger partial charge is 0.354 e. The standard InChI is InChI=1S/C21H23F3N4O/c22-21(23,24)17-7-8-19(25-14-17)27-12-10-26(11-13-27)15-20(29)28-9-3-5-16-4-1-2-6-18(16)28/h1-2,4,6-8,14H,3,5,9-13,15H2. The summed E-state index contributed by atoms with van der Waals surface area (Å²) in [6, 6.07) is 10.5. The van der Waals surface area contributed by atoms with Gasteiger partial charge in [-0.1, -0.05) is 18.2 Å². The number of anilines is 2. The summed E-state index contributed by atoms with van der Waals surface area (Å²) >= 11 is 0. The van der Waals surface area contributed by atoms with Crippen molar-refractivity contribution in [1.29, 1.82) is 0 Å². The maximum absolute atomic E-state index is 12.9. The lowest BCUT2D eigenvalue weighted by Crippen LogP contribution is -2.51. The highest BCUT2D eigenvalue weighted by molar-refractivity contribution is 5.96. The number of aromatic nitrogens is 1.